The molecule has 0 unspecified atom stereocenters. The molecule has 2 aromatic heterocycles. The Morgan fingerprint density at radius 3 is 2.60 bits per heavy atom. The molecule has 0 saturated carbocycles. The first-order valence-corrected chi connectivity index (χ1v) is 14.8. The van der Waals surface area contributed by atoms with Crippen LogP contribution in [0.15, 0.2) is 24.4 Å². The summed E-state index contributed by atoms with van der Waals surface area (Å²) in [5, 5.41) is 7.91. The summed E-state index contributed by atoms with van der Waals surface area (Å²) in [6.07, 6.45) is 4.76. The van der Waals surface area contributed by atoms with E-state index in [4.69, 9.17) is 9.72 Å². The quantitative estimate of drug-likeness (QED) is 0.461. The second-order valence-electron chi connectivity index (χ2n) is 10.6. The van der Waals surface area contributed by atoms with Gasteiger partial charge in [-0.1, -0.05) is 6.92 Å². The summed E-state index contributed by atoms with van der Waals surface area (Å²) in [4.78, 5) is 36.0. The molecule has 2 fully saturated rings. The van der Waals surface area contributed by atoms with Gasteiger partial charge in [-0.2, -0.15) is 4.98 Å². The topological polar surface area (TPSA) is 102 Å². The number of carbonyl (C=O) groups excluding carboxylic acids is 1. The molecule has 6 rings (SSSR count). The van der Waals surface area contributed by atoms with Crippen molar-refractivity contribution in [3.63, 3.8) is 0 Å². The predicted octanol–water partition coefficient (Wildman–Crippen LogP) is 3.80. The van der Waals surface area contributed by atoms with Crippen molar-refractivity contribution in [2.24, 2.45) is 0 Å². The van der Waals surface area contributed by atoms with E-state index in [1.54, 1.807) is 13.3 Å². The molecule has 0 aliphatic carbocycles. The van der Waals surface area contributed by atoms with Crippen LogP contribution in [0, 0.1) is 0 Å². The first-order valence-electron chi connectivity index (χ1n) is 14.0. The number of fused-ring (bicyclic) bond motifs is 2. The number of nitrogens with one attached hydrogen (secondary N) is 2. The van der Waals surface area contributed by atoms with Crippen LogP contribution in [0.3, 0.4) is 0 Å². The number of anilines is 6. The van der Waals surface area contributed by atoms with E-state index in [9.17, 15) is 4.79 Å². The van der Waals surface area contributed by atoms with Gasteiger partial charge in [-0.3, -0.25) is 9.69 Å². The summed E-state index contributed by atoms with van der Waals surface area (Å²) in [5.74, 6) is 1.51. The van der Waals surface area contributed by atoms with E-state index in [1.807, 2.05) is 24.9 Å². The third-order valence-electron chi connectivity index (χ3n) is 8.13. The maximum Gasteiger partial charge on any atom is 0.277 e. The molecule has 0 radical (unpaired) electrons. The lowest BCUT2D eigenvalue weighted by Gasteiger charge is -2.42. The number of thiazole rings is 1. The zero-order chi connectivity index (χ0) is 27.8. The predicted molar refractivity (Wildman–Crippen MR) is 160 cm³/mol. The Hall–Kier alpha value is -3.48. The third-order valence-corrected chi connectivity index (χ3v) is 9.40. The van der Waals surface area contributed by atoms with Gasteiger partial charge >= 0.3 is 0 Å². The normalized spacial score (nSPS) is 18.6. The number of benzene rings is 1. The molecule has 3 aromatic rings. The number of methoxy groups -OCH3 is 1. The number of rotatable bonds is 6. The number of piperazine rings is 1. The SMILES string of the molecule is CCc1nc2c(s1)N(C)c1nc(Nc3ccc(N4CCC(N5CCN(C)CC5)CC4)cc3OC)ncc1NC2=O. The maximum atomic E-state index is 12.8. The number of likely N-dealkylation sites (N-methyl/N-ethyl adjacent to an activating group) is 1. The van der Waals surface area contributed by atoms with E-state index in [1.165, 1.54) is 37.3 Å². The van der Waals surface area contributed by atoms with Gasteiger partial charge in [0.15, 0.2) is 11.5 Å². The minimum atomic E-state index is -0.245. The number of aryl methyl sites for hydroxylation is 1. The Labute approximate surface area is 239 Å². The molecule has 2 saturated heterocycles. The van der Waals surface area contributed by atoms with Crippen LogP contribution in [0.4, 0.5) is 33.8 Å². The van der Waals surface area contributed by atoms with Crippen LogP contribution in [-0.2, 0) is 6.42 Å². The van der Waals surface area contributed by atoms with E-state index in [-0.39, 0.29) is 5.91 Å². The van der Waals surface area contributed by atoms with Gasteiger partial charge in [0, 0.05) is 64.1 Å². The fourth-order valence-electron chi connectivity index (χ4n) is 5.71. The number of carbonyl (C=O) groups is 1. The summed E-state index contributed by atoms with van der Waals surface area (Å²) in [5.41, 5.74) is 2.91. The van der Waals surface area contributed by atoms with Crippen LogP contribution in [0.2, 0.25) is 0 Å². The molecule has 1 amide bonds. The number of hydrogen-bond donors (Lipinski definition) is 2. The summed E-state index contributed by atoms with van der Waals surface area (Å²) in [7, 11) is 5.79. The second-order valence-corrected chi connectivity index (χ2v) is 11.7. The number of aromatic nitrogens is 3. The Kier molecular flexibility index (Phi) is 7.47. The number of amides is 1. The van der Waals surface area contributed by atoms with Crippen LogP contribution in [0.5, 0.6) is 5.75 Å². The Morgan fingerprint density at radius 2 is 1.88 bits per heavy atom. The van der Waals surface area contributed by atoms with Crippen molar-refractivity contribution in [1.29, 1.82) is 0 Å². The van der Waals surface area contributed by atoms with Crippen molar-refractivity contribution in [3.8, 4) is 5.75 Å². The summed E-state index contributed by atoms with van der Waals surface area (Å²) in [6.45, 7) is 8.79. The third kappa shape index (κ3) is 5.18. The molecule has 3 aliphatic rings. The minimum Gasteiger partial charge on any atom is -0.494 e. The lowest BCUT2D eigenvalue weighted by Crippen LogP contribution is -2.52. The molecule has 5 heterocycles. The molecule has 0 atom stereocenters. The summed E-state index contributed by atoms with van der Waals surface area (Å²) < 4.78 is 5.77. The average Bonchev–Trinajstić information content (AvgIpc) is 3.40. The van der Waals surface area contributed by atoms with Crippen LogP contribution in [-0.4, -0.2) is 97.2 Å². The van der Waals surface area contributed by atoms with Crippen LogP contribution in [0.25, 0.3) is 0 Å². The molecule has 3 aliphatic heterocycles. The molecule has 11 nitrogen and oxygen atoms in total. The van der Waals surface area contributed by atoms with Crippen LogP contribution < -0.4 is 25.2 Å². The smallest absolute Gasteiger partial charge is 0.277 e. The number of hydrogen-bond acceptors (Lipinski definition) is 11. The van der Waals surface area contributed by atoms with E-state index >= 15 is 0 Å². The molecule has 40 heavy (non-hydrogen) atoms. The average molecular weight is 564 g/mol. The highest BCUT2D eigenvalue weighted by atomic mass is 32.1. The minimum absolute atomic E-state index is 0.245. The van der Waals surface area contributed by atoms with Gasteiger partial charge in [0.1, 0.15) is 16.4 Å². The molecule has 2 N–H and O–H groups in total. The first kappa shape index (κ1) is 26.7. The second kappa shape index (κ2) is 11.2. The molecular weight excluding hydrogens is 526 g/mol. The Balaban J connectivity index is 1.16. The van der Waals surface area contributed by atoms with Crippen molar-refractivity contribution < 1.29 is 9.53 Å². The fourth-order valence-corrected chi connectivity index (χ4v) is 6.68. The molecule has 0 spiro atoms. The lowest BCUT2D eigenvalue weighted by atomic mass is 10.0. The zero-order valence-electron chi connectivity index (χ0n) is 23.6. The van der Waals surface area contributed by atoms with Gasteiger partial charge in [0.25, 0.3) is 5.91 Å². The van der Waals surface area contributed by atoms with Gasteiger partial charge in [0.2, 0.25) is 5.95 Å². The van der Waals surface area contributed by atoms with Gasteiger partial charge < -0.3 is 30.1 Å². The van der Waals surface area contributed by atoms with Gasteiger partial charge in [-0.25, -0.2) is 9.97 Å². The molecule has 1 aromatic carbocycles. The number of piperidine rings is 1. The monoisotopic (exact) mass is 563 g/mol. The van der Waals surface area contributed by atoms with Gasteiger partial charge in [0.05, 0.1) is 24.0 Å². The van der Waals surface area contributed by atoms with Gasteiger partial charge in [-0.15, -0.1) is 11.3 Å². The fraction of sp³-hybridized carbons (Fsp3) is 0.500. The van der Waals surface area contributed by atoms with E-state index in [2.05, 4.69) is 54.5 Å². The molecular formula is C28H37N9O2S. The maximum absolute atomic E-state index is 12.8. The Morgan fingerprint density at radius 1 is 1.10 bits per heavy atom. The van der Waals surface area contributed by atoms with Crippen molar-refractivity contribution in [1.82, 2.24) is 24.8 Å². The van der Waals surface area contributed by atoms with E-state index in [0.29, 0.717) is 29.2 Å². The van der Waals surface area contributed by atoms with Crippen molar-refractivity contribution >= 4 is 51.1 Å². The molecule has 0 bridgehead atoms. The zero-order valence-corrected chi connectivity index (χ0v) is 24.4. The lowest BCUT2D eigenvalue weighted by molar-refractivity contribution is 0.0982. The number of nitrogens with zero attached hydrogens (tertiary/aromatic N) is 7. The highest BCUT2D eigenvalue weighted by Crippen LogP contribution is 2.40. The van der Waals surface area contributed by atoms with Crippen molar-refractivity contribution in [3.05, 3.63) is 35.1 Å². The van der Waals surface area contributed by atoms with Crippen LogP contribution in [0.1, 0.15) is 35.3 Å². The highest BCUT2D eigenvalue weighted by Gasteiger charge is 2.29. The summed E-state index contributed by atoms with van der Waals surface area (Å²) >= 11 is 1.51. The Bertz CT molecular complexity index is 1380. The van der Waals surface area contributed by atoms with Gasteiger partial charge in [-0.05, 0) is 38.4 Å². The highest BCUT2D eigenvalue weighted by molar-refractivity contribution is 7.16. The van der Waals surface area contributed by atoms with E-state index < -0.39 is 0 Å². The van der Waals surface area contributed by atoms with E-state index in [0.717, 1.165) is 59.7 Å². The standard InChI is InChI=1S/C28H37N9O2S/c1-5-23-32-24-26(38)30-21-17-29-28(33-25(21)35(3)27(24)40-23)31-20-7-6-19(16-22(20)39-4)36-10-8-18(9-11-36)37-14-12-34(2)13-15-37/h6-7,16-18H,5,8-15H2,1-4H3,(H,30,38)(H,29,31,33). The molecule has 212 valence electrons. The van der Waals surface area contributed by atoms with Crippen molar-refractivity contribution in [2.45, 2.75) is 32.2 Å². The number of ether oxygens (including phenoxy) is 1. The largest absolute Gasteiger partial charge is 0.494 e. The van der Waals surface area contributed by atoms with Crippen LogP contribution >= 0.6 is 11.3 Å². The first-order chi connectivity index (χ1) is 19.4. The summed E-state index contributed by atoms with van der Waals surface area (Å²) in [6, 6.07) is 6.92. The molecule has 12 heteroatoms. The van der Waals surface area contributed by atoms with Crippen molar-refractivity contribution in [2.75, 3.05) is 80.9 Å².